The molecule has 204 valence electrons. The zero-order chi connectivity index (χ0) is 28.5. The van der Waals surface area contributed by atoms with Crippen LogP contribution in [0.4, 0.5) is 17.3 Å². The van der Waals surface area contributed by atoms with Crippen LogP contribution in [-0.2, 0) is 11.3 Å². The Kier molecular flexibility index (Phi) is 9.35. The number of aryl methyl sites for hydroxylation is 1. The molecule has 0 saturated heterocycles. The fraction of sp³-hybridized carbons (Fsp3) is 0.219. The van der Waals surface area contributed by atoms with Crippen molar-refractivity contribution in [2.24, 2.45) is 5.92 Å². The highest BCUT2D eigenvalue weighted by Crippen LogP contribution is 2.25. The van der Waals surface area contributed by atoms with E-state index in [9.17, 15) is 9.59 Å². The molecule has 0 bridgehead atoms. The number of pyridine rings is 1. The molecule has 8 heteroatoms. The molecule has 2 N–H and O–H groups in total. The third-order valence-corrected chi connectivity index (χ3v) is 6.41. The van der Waals surface area contributed by atoms with Gasteiger partial charge in [-0.3, -0.25) is 14.6 Å². The maximum absolute atomic E-state index is 13.0. The first kappa shape index (κ1) is 28.2. The van der Waals surface area contributed by atoms with Crippen LogP contribution in [-0.4, -0.2) is 38.2 Å². The zero-order valence-electron chi connectivity index (χ0n) is 23.1. The molecule has 2 aromatic heterocycles. The van der Waals surface area contributed by atoms with E-state index in [1.165, 1.54) is 6.08 Å². The van der Waals surface area contributed by atoms with E-state index in [-0.39, 0.29) is 11.8 Å². The number of anilines is 3. The standard InChI is InChI=1S/C32H34N6O2/c1-5-30(39)38(18-15-22(2)3)21-24-9-11-25(12-10-24)31(40)35-27-13-8-23(4)29(19-27)37-32-34-17-14-28(36-32)26-7-6-16-33-20-26/h5-14,16-17,19-20,22H,1,15,18,21H2,2-4H3,(H,35,40)(H,34,36,37). The summed E-state index contributed by atoms with van der Waals surface area (Å²) in [5, 5.41) is 6.22. The largest absolute Gasteiger partial charge is 0.335 e. The number of rotatable bonds is 11. The van der Waals surface area contributed by atoms with Crippen molar-refractivity contribution in [1.29, 1.82) is 0 Å². The molecular formula is C32H34N6O2. The van der Waals surface area contributed by atoms with Gasteiger partial charge in [0, 0.05) is 54.2 Å². The van der Waals surface area contributed by atoms with Crippen LogP contribution in [0.1, 0.15) is 41.8 Å². The van der Waals surface area contributed by atoms with Crippen LogP contribution in [0.5, 0.6) is 0 Å². The Morgan fingerprint density at radius 2 is 1.85 bits per heavy atom. The second kappa shape index (κ2) is 13.3. The summed E-state index contributed by atoms with van der Waals surface area (Å²) in [6.07, 6.45) is 7.42. The second-order valence-corrected chi connectivity index (χ2v) is 9.96. The molecule has 0 aliphatic rings. The molecule has 0 aliphatic carbocycles. The van der Waals surface area contributed by atoms with Gasteiger partial charge in [-0.25, -0.2) is 9.97 Å². The van der Waals surface area contributed by atoms with Gasteiger partial charge in [0.05, 0.1) is 5.69 Å². The van der Waals surface area contributed by atoms with Gasteiger partial charge in [0.15, 0.2) is 0 Å². The zero-order valence-corrected chi connectivity index (χ0v) is 23.1. The van der Waals surface area contributed by atoms with E-state index in [1.54, 1.807) is 35.6 Å². The Morgan fingerprint density at radius 1 is 1.05 bits per heavy atom. The summed E-state index contributed by atoms with van der Waals surface area (Å²) in [7, 11) is 0. The normalized spacial score (nSPS) is 10.7. The monoisotopic (exact) mass is 534 g/mol. The average Bonchev–Trinajstić information content (AvgIpc) is 2.97. The molecule has 0 saturated carbocycles. The Labute approximate surface area is 235 Å². The minimum atomic E-state index is -0.227. The first-order valence-corrected chi connectivity index (χ1v) is 13.2. The van der Waals surface area contributed by atoms with Crippen LogP contribution in [0, 0.1) is 12.8 Å². The summed E-state index contributed by atoms with van der Waals surface area (Å²) >= 11 is 0. The molecule has 0 aliphatic heterocycles. The van der Waals surface area contributed by atoms with Crippen LogP contribution in [0.3, 0.4) is 0 Å². The second-order valence-electron chi connectivity index (χ2n) is 9.96. The minimum absolute atomic E-state index is 0.0968. The molecule has 2 heterocycles. The number of nitrogens with zero attached hydrogens (tertiary/aromatic N) is 4. The summed E-state index contributed by atoms with van der Waals surface area (Å²) in [6.45, 7) is 11.0. The molecule has 0 spiro atoms. The fourth-order valence-electron chi connectivity index (χ4n) is 4.04. The molecule has 2 aromatic carbocycles. The van der Waals surface area contributed by atoms with Crippen molar-refractivity contribution in [1.82, 2.24) is 19.9 Å². The maximum atomic E-state index is 13.0. The maximum Gasteiger partial charge on any atom is 0.255 e. The van der Waals surface area contributed by atoms with Crippen LogP contribution in [0.15, 0.2) is 91.9 Å². The van der Waals surface area contributed by atoms with E-state index in [0.29, 0.717) is 36.2 Å². The number of nitrogens with one attached hydrogen (secondary N) is 2. The Morgan fingerprint density at radius 3 is 2.55 bits per heavy atom. The van der Waals surface area contributed by atoms with Gasteiger partial charge in [-0.1, -0.05) is 38.6 Å². The lowest BCUT2D eigenvalue weighted by atomic mass is 10.1. The molecule has 40 heavy (non-hydrogen) atoms. The van der Waals surface area contributed by atoms with E-state index >= 15 is 0 Å². The summed E-state index contributed by atoms with van der Waals surface area (Å²) in [4.78, 5) is 40.2. The highest BCUT2D eigenvalue weighted by molar-refractivity contribution is 6.04. The van der Waals surface area contributed by atoms with Gasteiger partial charge in [-0.05, 0) is 78.9 Å². The summed E-state index contributed by atoms with van der Waals surface area (Å²) in [6, 6.07) is 18.6. The molecule has 0 fully saturated rings. The van der Waals surface area contributed by atoms with Crippen molar-refractivity contribution in [3.63, 3.8) is 0 Å². The first-order valence-electron chi connectivity index (χ1n) is 13.2. The Hall–Kier alpha value is -4.85. The van der Waals surface area contributed by atoms with Gasteiger partial charge in [-0.2, -0.15) is 0 Å². The molecule has 4 aromatic rings. The predicted molar refractivity (Wildman–Crippen MR) is 159 cm³/mol. The van der Waals surface area contributed by atoms with E-state index in [4.69, 9.17) is 0 Å². The number of amides is 2. The van der Waals surface area contributed by atoms with Crippen molar-refractivity contribution >= 4 is 29.1 Å². The van der Waals surface area contributed by atoms with E-state index in [1.807, 2.05) is 55.5 Å². The highest BCUT2D eigenvalue weighted by Gasteiger charge is 2.13. The van der Waals surface area contributed by atoms with Crippen LogP contribution >= 0.6 is 0 Å². The summed E-state index contributed by atoms with van der Waals surface area (Å²) < 4.78 is 0. The molecular weight excluding hydrogens is 500 g/mol. The number of aromatic nitrogens is 3. The number of hydrogen-bond donors (Lipinski definition) is 2. The van der Waals surface area contributed by atoms with Gasteiger partial charge >= 0.3 is 0 Å². The average molecular weight is 535 g/mol. The lowest BCUT2D eigenvalue weighted by Gasteiger charge is -2.22. The van der Waals surface area contributed by atoms with E-state index < -0.39 is 0 Å². The lowest BCUT2D eigenvalue weighted by Crippen LogP contribution is -2.30. The number of carbonyl (C=O) groups is 2. The van der Waals surface area contributed by atoms with Crippen molar-refractivity contribution in [2.45, 2.75) is 33.7 Å². The number of hydrogen-bond acceptors (Lipinski definition) is 6. The van der Waals surface area contributed by atoms with E-state index in [2.05, 4.69) is 46.0 Å². The minimum Gasteiger partial charge on any atom is -0.335 e. The van der Waals surface area contributed by atoms with Crippen molar-refractivity contribution in [3.8, 4) is 11.3 Å². The SMILES string of the molecule is C=CC(=O)N(CCC(C)C)Cc1ccc(C(=O)Nc2ccc(C)c(Nc3nccc(-c4cccnc4)n3)c2)cc1. The summed E-state index contributed by atoms with van der Waals surface area (Å²) in [5.74, 6) is 0.615. The van der Waals surface area contributed by atoms with Gasteiger partial charge in [0.25, 0.3) is 5.91 Å². The molecule has 2 amide bonds. The van der Waals surface area contributed by atoms with Gasteiger partial charge in [-0.15, -0.1) is 0 Å². The van der Waals surface area contributed by atoms with Crippen molar-refractivity contribution in [3.05, 3.63) is 109 Å². The molecule has 0 radical (unpaired) electrons. The fourth-order valence-corrected chi connectivity index (χ4v) is 4.04. The number of carbonyl (C=O) groups excluding carboxylic acids is 2. The van der Waals surface area contributed by atoms with Crippen molar-refractivity contribution < 1.29 is 9.59 Å². The van der Waals surface area contributed by atoms with Crippen LogP contribution < -0.4 is 10.6 Å². The highest BCUT2D eigenvalue weighted by atomic mass is 16.2. The third-order valence-electron chi connectivity index (χ3n) is 6.41. The molecule has 0 unspecified atom stereocenters. The van der Waals surface area contributed by atoms with Crippen LogP contribution in [0.25, 0.3) is 11.3 Å². The summed E-state index contributed by atoms with van der Waals surface area (Å²) in [5.41, 5.74) is 5.53. The molecule has 0 atom stereocenters. The van der Waals surface area contributed by atoms with Gasteiger partial charge in [0.1, 0.15) is 0 Å². The Bertz CT molecular complexity index is 1470. The third kappa shape index (κ3) is 7.60. The molecule has 4 rings (SSSR count). The van der Waals surface area contributed by atoms with Crippen molar-refractivity contribution in [2.75, 3.05) is 17.2 Å². The van der Waals surface area contributed by atoms with E-state index in [0.717, 1.165) is 34.5 Å². The topological polar surface area (TPSA) is 100 Å². The Balaban J connectivity index is 1.42. The lowest BCUT2D eigenvalue weighted by molar-refractivity contribution is -0.126. The smallest absolute Gasteiger partial charge is 0.255 e. The van der Waals surface area contributed by atoms with Crippen LogP contribution in [0.2, 0.25) is 0 Å². The predicted octanol–water partition coefficient (Wildman–Crippen LogP) is 6.40. The number of benzene rings is 2. The van der Waals surface area contributed by atoms with Gasteiger partial charge < -0.3 is 15.5 Å². The van der Waals surface area contributed by atoms with Gasteiger partial charge in [0.2, 0.25) is 11.9 Å². The molecule has 8 nitrogen and oxygen atoms in total. The quantitative estimate of drug-likeness (QED) is 0.216. The first-order chi connectivity index (χ1) is 19.3.